The summed E-state index contributed by atoms with van der Waals surface area (Å²) in [6, 6.07) is 6.67. The number of benzene rings is 1. The van der Waals surface area contributed by atoms with Crippen molar-refractivity contribution in [3.8, 4) is 5.75 Å². The van der Waals surface area contributed by atoms with Gasteiger partial charge in [0.1, 0.15) is 5.75 Å². The van der Waals surface area contributed by atoms with Crippen molar-refractivity contribution in [3.63, 3.8) is 0 Å². The lowest BCUT2D eigenvalue weighted by Crippen LogP contribution is -2.49. The van der Waals surface area contributed by atoms with Crippen LogP contribution in [0.15, 0.2) is 29.4 Å². The second-order valence-corrected chi connectivity index (χ2v) is 5.19. The Hall–Kier alpha value is -2.28. The summed E-state index contributed by atoms with van der Waals surface area (Å²) in [4.78, 5) is 13.5. The number of nitrogens with two attached hydrogens (primary N) is 1. The number of hydrogen-bond donors (Lipinski definition) is 3. The molecular formula is C14H21N3O4. The highest BCUT2D eigenvalue weighted by molar-refractivity contribution is 5.99. The van der Waals surface area contributed by atoms with Crippen molar-refractivity contribution in [2.24, 2.45) is 10.9 Å². The van der Waals surface area contributed by atoms with Crippen LogP contribution in [0.25, 0.3) is 0 Å². The molecule has 116 valence electrons. The minimum absolute atomic E-state index is 0.0953. The molecule has 0 radical (unpaired) electrons. The number of carbonyl (C=O) groups excluding carboxylic acids is 1. The Kier molecular flexibility index (Phi) is 5.54. The number of likely N-dealkylation sites (N-methyl/N-ethyl adjacent to an activating group) is 1. The zero-order valence-electron chi connectivity index (χ0n) is 12.4. The first-order valence-electron chi connectivity index (χ1n) is 6.40. The number of carbonyl (C=O) groups is 1. The second kappa shape index (κ2) is 6.94. The molecule has 4 N–H and O–H groups in total. The molecular weight excluding hydrogens is 274 g/mol. The third kappa shape index (κ3) is 4.09. The van der Waals surface area contributed by atoms with Crippen molar-refractivity contribution < 1.29 is 19.8 Å². The van der Waals surface area contributed by atoms with E-state index in [2.05, 4.69) is 5.16 Å². The molecule has 0 saturated heterocycles. The molecule has 0 bridgehead atoms. The van der Waals surface area contributed by atoms with Crippen LogP contribution in [0.3, 0.4) is 0 Å². The summed E-state index contributed by atoms with van der Waals surface area (Å²) in [7, 11) is 1.59. The van der Waals surface area contributed by atoms with Crippen LogP contribution in [0, 0.1) is 0 Å². The molecule has 0 unspecified atom stereocenters. The summed E-state index contributed by atoms with van der Waals surface area (Å²) < 4.78 is 5.44. The zero-order valence-corrected chi connectivity index (χ0v) is 12.4. The average Bonchev–Trinajstić information content (AvgIpc) is 2.51. The van der Waals surface area contributed by atoms with Crippen molar-refractivity contribution in [2.45, 2.75) is 19.4 Å². The van der Waals surface area contributed by atoms with E-state index in [1.165, 1.54) is 4.90 Å². The molecule has 0 spiro atoms. The molecule has 0 aliphatic rings. The Bertz CT molecular complexity index is 529. The van der Waals surface area contributed by atoms with Gasteiger partial charge in [0, 0.05) is 7.05 Å². The Morgan fingerprint density at radius 2 is 2.05 bits per heavy atom. The predicted molar refractivity (Wildman–Crippen MR) is 78.4 cm³/mol. The Balaban J connectivity index is 2.79. The van der Waals surface area contributed by atoms with Crippen LogP contribution in [0.5, 0.6) is 5.75 Å². The van der Waals surface area contributed by atoms with Crippen molar-refractivity contribution in [2.75, 3.05) is 20.3 Å². The molecule has 7 heteroatoms. The van der Waals surface area contributed by atoms with Crippen LogP contribution in [-0.4, -0.2) is 52.8 Å². The Morgan fingerprint density at radius 1 is 1.43 bits per heavy atom. The largest absolute Gasteiger partial charge is 0.483 e. The maximum Gasteiger partial charge on any atom is 0.260 e. The highest BCUT2D eigenvalue weighted by Gasteiger charge is 2.27. The van der Waals surface area contributed by atoms with E-state index >= 15 is 0 Å². The normalized spacial score (nSPS) is 12.1. The topological polar surface area (TPSA) is 108 Å². The van der Waals surface area contributed by atoms with Crippen molar-refractivity contribution >= 4 is 11.7 Å². The molecule has 0 aromatic heterocycles. The van der Waals surface area contributed by atoms with Gasteiger partial charge in [0.25, 0.3) is 5.91 Å². The number of oxime groups is 1. The lowest BCUT2D eigenvalue weighted by atomic mass is 10.1. The second-order valence-electron chi connectivity index (χ2n) is 5.19. The smallest absolute Gasteiger partial charge is 0.260 e. The van der Waals surface area contributed by atoms with Gasteiger partial charge >= 0.3 is 0 Å². The van der Waals surface area contributed by atoms with E-state index in [9.17, 15) is 9.90 Å². The van der Waals surface area contributed by atoms with Crippen LogP contribution in [0.1, 0.15) is 19.4 Å². The van der Waals surface area contributed by atoms with Gasteiger partial charge in [0.05, 0.1) is 17.7 Å². The molecule has 0 saturated carbocycles. The molecule has 0 aliphatic carbocycles. The third-order valence-electron chi connectivity index (χ3n) is 3.29. The number of amidine groups is 1. The van der Waals surface area contributed by atoms with Gasteiger partial charge < -0.3 is 25.7 Å². The molecule has 1 rings (SSSR count). The Morgan fingerprint density at radius 3 is 2.62 bits per heavy atom. The number of rotatable bonds is 6. The van der Waals surface area contributed by atoms with E-state index in [0.717, 1.165) is 0 Å². The molecule has 1 aromatic carbocycles. The van der Waals surface area contributed by atoms with Crippen molar-refractivity contribution in [1.82, 2.24) is 4.90 Å². The van der Waals surface area contributed by atoms with E-state index in [0.29, 0.717) is 11.3 Å². The van der Waals surface area contributed by atoms with E-state index in [4.69, 9.17) is 15.7 Å². The summed E-state index contributed by atoms with van der Waals surface area (Å²) in [5.41, 5.74) is 5.27. The number of hydrogen-bond acceptors (Lipinski definition) is 5. The molecule has 0 aliphatic heterocycles. The molecule has 0 fully saturated rings. The van der Waals surface area contributed by atoms with Gasteiger partial charge in [0.2, 0.25) is 0 Å². The van der Waals surface area contributed by atoms with Crippen molar-refractivity contribution in [1.29, 1.82) is 0 Å². The van der Waals surface area contributed by atoms with Gasteiger partial charge in [-0.2, -0.15) is 0 Å². The summed E-state index contributed by atoms with van der Waals surface area (Å²) in [6.07, 6.45) is 0. The van der Waals surface area contributed by atoms with Gasteiger partial charge in [-0.25, -0.2) is 0 Å². The maximum atomic E-state index is 12.1. The SMILES string of the molecule is CN(C(=O)COc1ccccc1/C(N)=N/O)C(C)(C)CO. The molecule has 1 aromatic rings. The van der Waals surface area contributed by atoms with E-state index in [1.807, 2.05) is 0 Å². The Labute approximate surface area is 123 Å². The number of ether oxygens (including phenoxy) is 1. The fourth-order valence-corrected chi connectivity index (χ4v) is 1.54. The van der Waals surface area contributed by atoms with Crippen molar-refractivity contribution in [3.05, 3.63) is 29.8 Å². The minimum atomic E-state index is -0.675. The van der Waals surface area contributed by atoms with Gasteiger partial charge in [-0.05, 0) is 26.0 Å². The van der Waals surface area contributed by atoms with E-state index < -0.39 is 5.54 Å². The first-order chi connectivity index (χ1) is 9.83. The predicted octanol–water partition coefficient (Wildman–Crippen LogP) is 0.389. The number of aliphatic hydroxyl groups excluding tert-OH is 1. The number of amides is 1. The fraction of sp³-hybridized carbons (Fsp3) is 0.429. The molecule has 0 atom stereocenters. The summed E-state index contributed by atoms with van der Waals surface area (Å²) >= 11 is 0. The molecule has 1 amide bonds. The first-order valence-corrected chi connectivity index (χ1v) is 6.40. The van der Waals surface area contributed by atoms with Crippen LogP contribution in [-0.2, 0) is 4.79 Å². The van der Waals surface area contributed by atoms with Gasteiger partial charge in [-0.15, -0.1) is 0 Å². The molecule has 21 heavy (non-hydrogen) atoms. The summed E-state index contributed by atoms with van der Waals surface area (Å²) in [6.45, 7) is 3.12. The van der Waals surface area contributed by atoms with Crippen LogP contribution < -0.4 is 10.5 Å². The number of para-hydroxylation sites is 1. The van der Waals surface area contributed by atoms with Gasteiger partial charge in [0.15, 0.2) is 12.4 Å². The van der Waals surface area contributed by atoms with Crippen LogP contribution in [0.4, 0.5) is 0 Å². The molecule has 0 heterocycles. The summed E-state index contributed by atoms with van der Waals surface area (Å²) in [5.74, 6) is -0.0400. The highest BCUT2D eigenvalue weighted by Crippen LogP contribution is 2.18. The maximum absolute atomic E-state index is 12.1. The first kappa shape index (κ1) is 16.8. The van der Waals surface area contributed by atoms with Gasteiger partial charge in [-0.1, -0.05) is 17.3 Å². The molecule has 7 nitrogen and oxygen atoms in total. The lowest BCUT2D eigenvalue weighted by Gasteiger charge is -2.33. The quantitative estimate of drug-likeness (QED) is 0.304. The van der Waals surface area contributed by atoms with E-state index in [-0.39, 0.29) is 25.0 Å². The lowest BCUT2D eigenvalue weighted by molar-refractivity contribution is -0.138. The van der Waals surface area contributed by atoms with Gasteiger partial charge in [-0.3, -0.25) is 4.79 Å². The number of nitrogens with zero attached hydrogens (tertiary/aromatic N) is 2. The zero-order chi connectivity index (χ0) is 16.0. The summed E-state index contributed by atoms with van der Waals surface area (Å²) in [5, 5.41) is 20.9. The average molecular weight is 295 g/mol. The monoisotopic (exact) mass is 295 g/mol. The van der Waals surface area contributed by atoms with E-state index in [1.54, 1.807) is 45.2 Å². The van der Waals surface area contributed by atoms with Crippen LogP contribution >= 0.6 is 0 Å². The standard InChI is InChI=1S/C14H21N3O4/c1-14(2,9-18)17(3)12(19)8-21-11-7-5-4-6-10(11)13(15)16-20/h4-7,18,20H,8-9H2,1-3H3,(H2,15,16). The number of aliphatic hydroxyl groups is 1. The van der Waals surface area contributed by atoms with Crippen LogP contribution in [0.2, 0.25) is 0 Å². The third-order valence-corrected chi connectivity index (χ3v) is 3.29. The fourth-order valence-electron chi connectivity index (χ4n) is 1.54. The highest BCUT2D eigenvalue weighted by atomic mass is 16.5. The minimum Gasteiger partial charge on any atom is -0.483 e.